The number of rotatable bonds is 6. The first kappa shape index (κ1) is 23.7. The molecule has 1 saturated heterocycles. The normalized spacial score (nSPS) is 17.3. The van der Waals surface area contributed by atoms with Crippen LogP contribution in [0.15, 0.2) is 42.7 Å². The molecule has 1 amide bonds. The van der Waals surface area contributed by atoms with E-state index >= 15 is 0 Å². The van der Waals surface area contributed by atoms with Gasteiger partial charge in [-0.3, -0.25) is 9.78 Å². The number of aliphatic hydroxyl groups is 1. The smallest absolute Gasteiger partial charge is 0.266 e. The van der Waals surface area contributed by atoms with Crippen LogP contribution >= 0.6 is 0 Å². The number of hydrogen-bond acceptors (Lipinski definition) is 6. The molecule has 3 heterocycles. The number of nitrogens with zero attached hydrogens (tertiary/aromatic N) is 4. The fraction of sp³-hybridized carbons (Fsp3) is 0.375. The van der Waals surface area contributed by atoms with Gasteiger partial charge in [0.25, 0.3) is 6.43 Å². The summed E-state index contributed by atoms with van der Waals surface area (Å²) in [6.45, 7) is 4.47. The average Bonchev–Trinajstić information content (AvgIpc) is 2.83. The van der Waals surface area contributed by atoms with Gasteiger partial charge in [-0.25, -0.2) is 18.2 Å². The predicted molar refractivity (Wildman–Crippen MR) is 123 cm³/mol. The third kappa shape index (κ3) is 4.63. The van der Waals surface area contributed by atoms with Crippen LogP contribution in [0, 0.1) is 5.82 Å². The van der Waals surface area contributed by atoms with Crippen molar-refractivity contribution in [3.05, 3.63) is 59.7 Å². The Balaban J connectivity index is 1.65. The van der Waals surface area contributed by atoms with E-state index in [-0.39, 0.29) is 24.1 Å². The van der Waals surface area contributed by atoms with E-state index in [0.717, 1.165) is 11.5 Å². The Bertz CT molecular complexity index is 1190. The van der Waals surface area contributed by atoms with Crippen LogP contribution in [0.5, 0.6) is 0 Å². The minimum Gasteiger partial charge on any atom is -0.394 e. The molecule has 1 aromatic carbocycles. The van der Waals surface area contributed by atoms with Crippen molar-refractivity contribution in [3.8, 4) is 0 Å². The lowest BCUT2D eigenvalue weighted by Gasteiger charge is -2.41. The lowest BCUT2D eigenvalue weighted by atomic mass is 10.0. The Morgan fingerprint density at radius 2 is 2.00 bits per heavy atom. The van der Waals surface area contributed by atoms with Gasteiger partial charge in [0.05, 0.1) is 36.0 Å². The van der Waals surface area contributed by atoms with Crippen molar-refractivity contribution in [2.45, 2.75) is 32.4 Å². The maximum absolute atomic E-state index is 14.7. The van der Waals surface area contributed by atoms with Gasteiger partial charge in [0.15, 0.2) is 0 Å². The van der Waals surface area contributed by atoms with Crippen molar-refractivity contribution in [1.29, 1.82) is 0 Å². The molecule has 2 atom stereocenters. The molecule has 0 radical (unpaired) electrons. The molecular weight excluding hydrogens is 447 g/mol. The summed E-state index contributed by atoms with van der Waals surface area (Å²) in [6.07, 6.45) is 0.308. The number of hydrogen-bond donors (Lipinski definition) is 2. The summed E-state index contributed by atoms with van der Waals surface area (Å²) < 4.78 is 40.9. The van der Waals surface area contributed by atoms with E-state index in [9.17, 15) is 23.1 Å². The van der Waals surface area contributed by atoms with Crippen LogP contribution < -0.4 is 10.2 Å². The molecule has 0 aliphatic carbocycles. The molecule has 0 saturated carbocycles. The average molecular weight is 473 g/mol. The molecule has 1 fully saturated rings. The summed E-state index contributed by atoms with van der Waals surface area (Å²) in [5.74, 6) is -0.353. The van der Waals surface area contributed by atoms with Gasteiger partial charge in [-0.15, -0.1) is 0 Å². The van der Waals surface area contributed by atoms with Gasteiger partial charge >= 0.3 is 0 Å². The van der Waals surface area contributed by atoms with Crippen LogP contribution in [0.25, 0.3) is 10.9 Å². The van der Waals surface area contributed by atoms with Crippen molar-refractivity contribution in [2.24, 2.45) is 0 Å². The molecule has 4 rings (SSSR count). The predicted octanol–water partition coefficient (Wildman–Crippen LogP) is 3.91. The van der Waals surface area contributed by atoms with Crippen LogP contribution in [0.4, 0.5) is 24.7 Å². The number of carbonyl (C=O) groups excluding carboxylic acids is 1. The zero-order valence-corrected chi connectivity index (χ0v) is 18.9. The molecule has 0 bridgehead atoms. The van der Waals surface area contributed by atoms with E-state index in [4.69, 9.17) is 0 Å². The monoisotopic (exact) mass is 473 g/mol. The fourth-order valence-electron chi connectivity index (χ4n) is 4.30. The van der Waals surface area contributed by atoms with Crippen LogP contribution in [0.1, 0.15) is 37.4 Å². The lowest BCUT2D eigenvalue weighted by Crippen LogP contribution is -2.56. The van der Waals surface area contributed by atoms with Crippen molar-refractivity contribution in [3.63, 3.8) is 0 Å². The second-order valence-electron chi connectivity index (χ2n) is 8.33. The van der Waals surface area contributed by atoms with Gasteiger partial charge in [-0.1, -0.05) is 18.2 Å². The Kier molecular flexibility index (Phi) is 6.87. The SMILES string of the molecule is CC(=O)N1CCN(c2cc3c(N[C@H](C)c4cccc(C(F)F)c4F)ccnc3cn2)[C@H](CO)C1. The Morgan fingerprint density at radius 1 is 1.24 bits per heavy atom. The Hall–Kier alpha value is -3.40. The van der Waals surface area contributed by atoms with E-state index in [1.807, 2.05) is 11.0 Å². The van der Waals surface area contributed by atoms with Crippen molar-refractivity contribution in [1.82, 2.24) is 14.9 Å². The summed E-state index contributed by atoms with van der Waals surface area (Å²) in [7, 11) is 0. The van der Waals surface area contributed by atoms with Crippen molar-refractivity contribution < 1.29 is 23.1 Å². The van der Waals surface area contributed by atoms with Crippen LogP contribution in [0.2, 0.25) is 0 Å². The van der Waals surface area contributed by atoms with Crippen LogP contribution in [-0.2, 0) is 4.79 Å². The first-order valence-electron chi connectivity index (χ1n) is 11.0. The molecule has 180 valence electrons. The largest absolute Gasteiger partial charge is 0.394 e. The van der Waals surface area contributed by atoms with E-state index < -0.39 is 23.8 Å². The zero-order chi connectivity index (χ0) is 24.4. The first-order valence-corrected chi connectivity index (χ1v) is 11.0. The third-order valence-corrected chi connectivity index (χ3v) is 6.18. The fourth-order valence-corrected chi connectivity index (χ4v) is 4.30. The molecule has 7 nitrogen and oxygen atoms in total. The number of carbonyl (C=O) groups is 1. The quantitative estimate of drug-likeness (QED) is 0.565. The summed E-state index contributed by atoms with van der Waals surface area (Å²) >= 11 is 0. The zero-order valence-electron chi connectivity index (χ0n) is 18.9. The molecule has 0 spiro atoms. The molecule has 2 aromatic heterocycles. The minimum atomic E-state index is -2.90. The number of aliphatic hydroxyl groups excluding tert-OH is 1. The maximum atomic E-state index is 14.7. The van der Waals surface area contributed by atoms with Gasteiger partial charge in [-0.05, 0) is 19.1 Å². The number of fused-ring (bicyclic) bond motifs is 1. The number of benzene rings is 1. The molecule has 34 heavy (non-hydrogen) atoms. The Labute approximate surface area is 195 Å². The number of halogens is 3. The number of amides is 1. The van der Waals surface area contributed by atoms with E-state index in [0.29, 0.717) is 36.7 Å². The number of piperazine rings is 1. The standard InChI is InChI=1S/C24H26F3N5O2/c1-14(17-4-3-5-18(23(17)25)24(26)27)30-20-6-7-28-21-11-29-22(10-19(20)21)32-9-8-31(15(2)34)12-16(32)13-33/h3-7,10-11,14,16,24,33H,8-9,12-13H2,1-2H3,(H,28,30)/t14-,16+/m1/s1. The second kappa shape index (κ2) is 9.84. The molecule has 0 unspecified atom stereocenters. The lowest BCUT2D eigenvalue weighted by molar-refractivity contribution is -0.129. The number of nitrogens with one attached hydrogen (secondary N) is 1. The second-order valence-corrected chi connectivity index (χ2v) is 8.33. The number of pyridine rings is 2. The summed E-state index contributed by atoms with van der Waals surface area (Å²) in [4.78, 5) is 24.2. The number of aromatic nitrogens is 2. The Morgan fingerprint density at radius 3 is 2.71 bits per heavy atom. The molecule has 3 aromatic rings. The first-order chi connectivity index (χ1) is 16.3. The van der Waals surface area contributed by atoms with Gasteiger partial charge in [0.2, 0.25) is 5.91 Å². The van der Waals surface area contributed by atoms with Crippen molar-refractivity contribution >= 4 is 28.3 Å². The van der Waals surface area contributed by atoms with Gasteiger partial charge in [-0.2, -0.15) is 0 Å². The van der Waals surface area contributed by atoms with E-state index in [2.05, 4.69) is 15.3 Å². The summed E-state index contributed by atoms with van der Waals surface area (Å²) in [5.41, 5.74) is 0.756. The van der Waals surface area contributed by atoms with E-state index in [1.54, 1.807) is 30.3 Å². The summed E-state index contributed by atoms with van der Waals surface area (Å²) in [5, 5.41) is 13.8. The summed E-state index contributed by atoms with van der Waals surface area (Å²) in [6, 6.07) is 6.64. The molecule has 10 heteroatoms. The van der Waals surface area contributed by atoms with E-state index in [1.165, 1.54) is 19.1 Å². The molecular formula is C24H26F3N5O2. The van der Waals surface area contributed by atoms with Gasteiger partial charge < -0.3 is 20.2 Å². The van der Waals surface area contributed by atoms with Crippen molar-refractivity contribution in [2.75, 3.05) is 36.5 Å². The van der Waals surface area contributed by atoms with Gasteiger partial charge in [0, 0.05) is 49.4 Å². The molecule has 2 N–H and O–H groups in total. The van der Waals surface area contributed by atoms with Crippen LogP contribution in [0.3, 0.4) is 0 Å². The highest BCUT2D eigenvalue weighted by Crippen LogP contribution is 2.32. The van der Waals surface area contributed by atoms with Gasteiger partial charge in [0.1, 0.15) is 11.6 Å². The highest BCUT2D eigenvalue weighted by molar-refractivity contribution is 5.92. The maximum Gasteiger partial charge on any atom is 0.266 e. The highest BCUT2D eigenvalue weighted by Gasteiger charge is 2.29. The number of alkyl halides is 2. The topological polar surface area (TPSA) is 81.6 Å². The van der Waals surface area contributed by atoms with Crippen LogP contribution in [-0.4, -0.2) is 58.2 Å². The molecule has 1 aliphatic rings. The number of anilines is 2. The third-order valence-electron chi connectivity index (χ3n) is 6.18. The minimum absolute atomic E-state index is 0.0441. The highest BCUT2D eigenvalue weighted by atomic mass is 19.3. The molecule has 1 aliphatic heterocycles.